The zero-order valence-electron chi connectivity index (χ0n) is 27.6. The molecule has 0 heterocycles. The summed E-state index contributed by atoms with van der Waals surface area (Å²) in [5, 5.41) is 23.4. The molecule has 0 N–H and O–H groups in total. The zero-order valence-corrected chi connectivity index (χ0v) is 28.5. The lowest BCUT2D eigenvalue weighted by Gasteiger charge is -2.28. The van der Waals surface area contributed by atoms with Crippen molar-refractivity contribution in [3.63, 3.8) is 0 Å². The van der Waals surface area contributed by atoms with E-state index in [1.165, 1.54) is 146 Å². The van der Waals surface area contributed by atoms with Gasteiger partial charge in [0.1, 0.15) is 17.7 Å². The number of nitriles is 2. The maximum atomic E-state index is 7.79. The van der Waals surface area contributed by atoms with Gasteiger partial charge in [0.25, 0.3) is 0 Å². The van der Waals surface area contributed by atoms with Crippen molar-refractivity contribution in [3.8, 4) is 12.1 Å². The van der Waals surface area contributed by atoms with Gasteiger partial charge in [-0.05, 0) is 51.4 Å². The quantitative estimate of drug-likeness (QED) is 0.0404. The number of hydrogen-bond donors (Lipinski definition) is 0. The van der Waals surface area contributed by atoms with Crippen molar-refractivity contribution in [1.82, 2.24) is 0 Å². The molecule has 0 atom stereocenters. The molecule has 0 unspecified atom stereocenters. The average Bonchev–Trinajstić information content (AvgIpc) is 2.97. The second kappa shape index (κ2) is 34.1. The molecule has 0 rings (SSSR count). The Hall–Kier alpha value is -1.14. The van der Waals surface area contributed by atoms with Crippen molar-refractivity contribution in [2.75, 3.05) is 24.6 Å². The minimum absolute atomic E-state index is 0.403. The van der Waals surface area contributed by atoms with Gasteiger partial charge in [-0.15, -0.1) is 0 Å². The summed E-state index contributed by atoms with van der Waals surface area (Å²) in [6, 6.07) is 2.79. The first-order chi connectivity index (χ1) is 19.6. The van der Waals surface area contributed by atoms with E-state index in [1.807, 2.05) is 0 Å². The first kappa shape index (κ1) is 41.0. The fourth-order valence-corrected chi connectivity index (χ4v) is 10.6. The highest BCUT2D eigenvalue weighted by Crippen LogP contribution is 2.61. The maximum Gasteiger partial charge on any atom is 0.148 e. The number of nitrogens with zero attached hydrogens (tertiary/aromatic N) is 3. The predicted octanol–water partition coefficient (Wildman–Crippen LogP) is 12.6. The summed E-state index contributed by atoms with van der Waals surface area (Å²) in [6.45, 7) is 9.41. The Kier molecular flexibility index (Phi) is 34.9. The van der Waals surface area contributed by atoms with Crippen molar-refractivity contribution >= 4 is 13.1 Å². The van der Waals surface area contributed by atoms with Crippen molar-refractivity contribution in [3.05, 3.63) is 11.0 Å². The van der Waals surface area contributed by atoms with Crippen molar-refractivity contribution in [2.24, 2.45) is 0 Å². The molecule has 0 aromatic rings. The van der Waals surface area contributed by atoms with Crippen LogP contribution < -0.4 is 0 Å². The van der Waals surface area contributed by atoms with Crippen LogP contribution in [0.15, 0.2) is 5.57 Å². The molecule has 3 nitrogen and oxygen atoms in total. The zero-order chi connectivity index (χ0) is 30.0. The molecular weight excluding hydrogens is 505 g/mol. The van der Waals surface area contributed by atoms with Gasteiger partial charge < -0.3 is 5.41 Å². The normalized spacial score (nSPS) is 10.8. The Morgan fingerprint density at radius 3 is 0.850 bits per heavy atom. The van der Waals surface area contributed by atoms with Crippen molar-refractivity contribution < 1.29 is 0 Å². The van der Waals surface area contributed by atoms with Crippen LogP contribution in [0.3, 0.4) is 0 Å². The first-order valence-corrected chi connectivity index (χ1v) is 20.0. The largest absolute Gasteiger partial charge is 0.762 e. The highest BCUT2D eigenvalue weighted by Gasteiger charge is 2.34. The Labute approximate surface area is 252 Å². The molecule has 4 heteroatoms. The van der Waals surface area contributed by atoms with Crippen LogP contribution >= 0.6 is 7.26 Å². The summed E-state index contributed by atoms with van der Waals surface area (Å²) in [5.41, 5.74) is -0.403. The second-order valence-electron chi connectivity index (χ2n) is 12.0. The fraction of sp³-hybridized carbons (Fsp3) is 0.889. The summed E-state index contributed by atoms with van der Waals surface area (Å²) in [5.74, 6) is 1.40. The van der Waals surface area contributed by atoms with Crippen LogP contribution in [-0.4, -0.2) is 30.5 Å². The highest BCUT2D eigenvalue weighted by atomic mass is 31.2. The van der Waals surface area contributed by atoms with Gasteiger partial charge in [-0.2, -0.15) is 10.5 Å². The van der Waals surface area contributed by atoms with Crippen molar-refractivity contribution in [2.45, 2.75) is 182 Å². The molecule has 0 saturated carbocycles. The molecular formula is C36H68N3P. The minimum Gasteiger partial charge on any atom is -0.762 e. The van der Waals surface area contributed by atoms with Gasteiger partial charge in [-0.3, -0.25) is 0 Å². The highest BCUT2D eigenvalue weighted by molar-refractivity contribution is 7.75. The Bertz CT molecular complexity index is 607. The molecule has 0 aliphatic heterocycles. The second-order valence-corrected chi connectivity index (χ2v) is 16.5. The standard InChI is InChI=1S/C32H68P.C4N3/c1-5-9-13-17-18-19-20-21-22-23-24-28-32-33(29-25-14-10-6-2,30-26-15-11-7-3)31-27-16-12-8-4;5-1-4(2-6)3-7/h5-32H2,1-4H3;/q+1;-1. The number of hydrogen-bond acceptors (Lipinski definition) is 2. The Morgan fingerprint density at radius 1 is 0.425 bits per heavy atom. The van der Waals surface area contributed by atoms with Gasteiger partial charge in [-0.25, -0.2) is 5.87 Å². The van der Waals surface area contributed by atoms with Gasteiger partial charge in [0.15, 0.2) is 0 Å². The topological polar surface area (TPSA) is 69.9 Å². The molecule has 0 aromatic carbocycles. The van der Waals surface area contributed by atoms with Gasteiger partial charge in [0, 0.05) is 7.26 Å². The summed E-state index contributed by atoms with van der Waals surface area (Å²) in [4.78, 5) is 0. The van der Waals surface area contributed by atoms with Crippen LogP contribution in [0, 0.1) is 22.7 Å². The van der Waals surface area contributed by atoms with E-state index in [2.05, 4.69) is 27.7 Å². The fourth-order valence-electron chi connectivity index (χ4n) is 5.66. The molecule has 0 radical (unpaired) electrons. The summed E-state index contributed by atoms with van der Waals surface area (Å²) < 4.78 is 0. The lowest BCUT2D eigenvalue weighted by Crippen LogP contribution is -2.13. The van der Waals surface area contributed by atoms with E-state index < -0.39 is 12.8 Å². The van der Waals surface area contributed by atoms with E-state index in [1.54, 1.807) is 50.3 Å². The molecule has 40 heavy (non-hydrogen) atoms. The van der Waals surface area contributed by atoms with Crippen LogP contribution in [-0.2, 0) is 0 Å². The van der Waals surface area contributed by atoms with E-state index in [9.17, 15) is 0 Å². The van der Waals surface area contributed by atoms with E-state index in [4.69, 9.17) is 15.9 Å². The molecule has 0 saturated heterocycles. The third-order valence-electron chi connectivity index (χ3n) is 8.28. The lowest BCUT2D eigenvalue weighted by atomic mass is 10.1. The average molecular weight is 574 g/mol. The summed E-state index contributed by atoms with van der Waals surface area (Å²) >= 11 is 0. The van der Waals surface area contributed by atoms with Crippen LogP contribution in [0.5, 0.6) is 0 Å². The SMILES string of the molecule is CCCCCCCCCCCCCC[P+](CCCCCC)(CCCCCC)CCCCCC.N#CC(=C=[N-])C#N. The molecule has 232 valence electrons. The van der Waals surface area contributed by atoms with E-state index in [0.717, 1.165) is 0 Å². The first-order valence-electron chi connectivity index (χ1n) is 17.5. The van der Waals surface area contributed by atoms with Gasteiger partial charge in [0.05, 0.1) is 24.6 Å². The van der Waals surface area contributed by atoms with Gasteiger partial charge in [-0.1, -0.05) is 130 Å². The van der Waals surface area contributed by atoms with E-state index in [0.29, 0.717) is 0 Å². The molecule has 0 aliphatic carbocycles. The number of allylic oxidation sites excluding steroid dienone is 1. The molecule has 0 aromatic heterocycles. The molecule has 0 bridgehead atoms. The molecule has 0 fully saturated rings. The third kappa shape index (κ3) is 28.4. The minimum atomic E-state index is -0.697. The Balaban J connectivity index is 0. The predicted molar refractivity (Wildman–Crippen MR) is 183 cm³/mol. The number of rotatable bonds is 28. The maximum absolute atomic E-state index is 7.79. The third-order valence-corrected chi connectivity index (χ3v) is 13.3. The number of unbranched alkanes of at least 4 members (excludes halogenated alkanes) is 20. The molecule has 0 spiro atoms. The van der Waals surface area contributed by atoms with E-state index >= 15 is 0 Å². The van der Waals surface area contributed by atoms with Gasteiger partial charge in [0.2, 0.25) is 0 Å². The van der Waals surface area contributed by atoms with Crippen LogP contribution in [0.25, 0.3) is 5.41 Å². The van der Waals surface area contributed by atoms with Gasteiger partial charge >= 0.3 is 0 Å². The molecule has 0 amide bonds. The van der Waals surface area contributed by atoms with Crippen LogP contribution in [0.4, 0.5) is 0 Å². The van der Waals surface area contributed by atoms with E-state index in [-0.39, 0.29) is 0 Å². The molecule has 0 aliphatic rings. The van der Waals surface area contributed by atoms with Crippen LogP contribution in [0.2, 0.25) is 0 Å². The lowest BCUT2D eigenvalue weighted by molar-refractivity contribution is 0.548. The Morgan fingerprint density at radius 2 is 0.650 bits per heavy atom. The van der Waals surface area contributed by atoms with Crippen molar-refractivity contribution in [1.29, 1.82) is 10.5 Å². The smallest absolute Gasteiger partial charge is 0.148 e. The van der Waals surface area contributed by atoms with Crippen LogP contribution in [0.1, 0.15) is 182 Å². The monoisotopic (exact) mass is 574 g/mol. The summed E-state index contributed by atoms with van der Waals surface area (Å²) in [7, 11) is -0.697. The summed E-state index contributed by atoms with van der Waals surface area (Å²) in [6.07, 6.45) is 42.1.